The third-order valence-electron chi connectivity index (χ3n) is 6.39. The van der Waals surface area contributed by atoms with E-state index in [-0.39, 0.29) is 12.1 Å². The molecule has 2 unspecified atom stereocenters. The monoisotopic (exact) mass is 448 g/mol. The molecule has 1 aliphatic heterocycles. The molecule has 0 aliphatic carbocycles. The molecule has 32 heavy (non-hydrogen) atoms. The second-order valence-corrected chi connectivity index (χ2v) is 9.10. The molecule has 5 nitrogen and oxygen atoms in total. The van der Waals surface area contributed by atoms with Crippen LogP contribution in [-0.4, -0.2) is 28.4 Å². The van der Waals surface area contributed by atoms with Gasteiger partial charge in [-0.1, -0.05) is 32.0 Å². The Morgan fingerprint density at radius 1 is 1.12 bits per heavy atom. The zero-order valence-corrected chi connectivity index (χ0v) is 20.3. The van der Waals surface area contributed by atoms with Crippen LogP contribution in [0.3, 0.4) is 0 Å². The van der Waals surface area contributed by atoms with Gasteiger partial charge in [-0.15, -0.1) is 0 Å². The van der Waals surface area contributed by atoms with Crippen molar-refractivity contribution in [3.63, 3.8) is 0 Å². The summed E-state index contributed by atoms with van der Waals surface area (Å²) in [7, 11) is 1.74. The van der Waals surface area contributed by atoms with Crippen molar-refractivity contribution in [2.75, 3.05) is 18.6 Å². The maximum Gasteiger partial charge on any atom is 0.174 e. The number of nitrogens with one attached hydrogen (secondary N) is 1. The van der Waals surface area contributed by atoms with Crippen LogP contribution >= 0.6 is 12.2 Å². The standard InChI is InChI=1S/C26H32N4OS/c1-17(2)20-9-11-21(12-10-20)30-25(22-16-18(3)29(19(22)4)14-15-31-5)24(28-26(30)32)23-8-6-7-13-27-23/h6-13,16-17,24-25H,14-15H2,1-5H3,(H,28,32). The Kier molecular flexibility index (Phi) is 6.63. The third-order valence-corrected chi connectivity index (χ3v) is 6.70. The van der Waals surface area contributed by atoms with Crippen molar-refractivity contribution in [3.05, 3.63) is 82.9 Å². The van der Waals surface area contributed by atoms with Crippen LogP contribution in [0.5, 0.6) is 0 Å². The number of hydrogen-bond donors (Lipinski definition) is 1. The summed E-state index contributed by atoms with van der Waals surface area (Å²) in [5.41, 5.74) is 7.12. The van der Waals surface area contributed by atoms with E-state index in [1.165, 1.54) is 22.5 Å². The van der Waals surface area contributed by atoms with E-state index >= 15 is 0 Å². The fraction of sp³-hybridized carbons (Fsp3) is 0.385. The largest absolute Gasteiger partial charge is 0.383 e. The normalized spacial score (nSPS) is 18.4. The zero-order chi connectivity index (χ0) is 22.8. The molecule has 0 saturated carbocycles. The molecule has 3 aromatic rings. The number of pyridine rings is 1. The first-order chi connectivity index (χ1) is 15.4. The number of rotatable bonds is 7. The Bertz CT molecular complexity index is 1080. The molecule has 0 bridgehead atoms. The molecule has 168 valence electrons. The quantitative estimate of drug-likeness (QED) is 0.487. The van der Waals surface area contributed by atoms with Crippen molar-refractivity contribution in [2.24, 2.45) is 0 Å². The smallest absolute Gasteiger partial charge is 0.174 e. The van der Waals surface area contributed by atoms with E-state index in [2.05, 4.69) is 83.9 Å². The summed E-state index contributed by atoms with van der Waals surface area (Å²) >= 11 is 5.87. The first-order valence-electron chi connectivity index (χ1n) is 11.2. The van der Waals surface area contributed by atoms with E-state index < -0.39 is 0 Å². The average Bonchev–Trinajstić information content (AvgIpc) is 3.28. The lowest BCUT2D eigenvalue weighted by Crippen LogP contribution is -2.29. The van der Waals surface area contributed by atoms with Crippen LogP contribution < -0.4 is 10.2 Å². The van der Waals surface area contributed by atoms with Crippen molar-refractivity contribution < 1.29 is 4.74 Å². The predicted molar refractivity (Wildman–Crippen MR) is 134 cm³/mol. The first-order valence-corrected chi connectivity index (χ1v) is 11.6. The molecular formula is C26H32N4OS. The molecule has 0 spiro atoms. The van der Waals surface area contributed by atoms with Crippen LogP contribution in [0.4, 0.5) is 5.69 Å². The van der Waals surface area contributed by atoms with Gasteiger partial charge < -0.3 is 19.5 Å². The maximum atomic E-state index is 5.87. The number of aromatic nitrogens is 2. The van der Waals surface area contributed by atoms with Crippen LogP contribution in [-0.2, 0) is 11.3 Å². The number of benzene rings is 1. The lowest BCUT2D eigenvalue weighted by atomic mass is 9.96. The van der Waals surface area contributed by atoms with Crippen molar-refractivity contribution >= 4 is 23.0 Å². The third kappa shape index (κ3) is 4.17. The first kappa shape index (κ1) is 22.5. The Morgan fingerprint density at radius 3 is 2.50 bits per heavy atom. The van der Waals surface area contributed by atoms with Crippen LogP contribution in [0, 0.1) is 13.8 Å². The van der Waals surface area contributed by atoms with Gasteiger partial charge in [0, 0.05) is 36.9 Å². The van der Waals surface area contributed by atoms with E-state index in [4.69, 9.17) is 17.0 Å². The van der Waals surface area contributed by atoms with Gasteiger partial charge in [-0.25, -0.2) is 0 Å². The molecule has 1 fully saturated rings. The minimum Gasteiger partial charge on any atom is -0.383 e. The number of methoxy groups -OCH3 is 1. The second-order valence-electron chi connectivity index (χ2n) is 8.71. The lowest BCUT2D eigenvalue weighted by Gasteiger charge is -2.28. The summed E-state index contributed by atoms with van der Waals surface area (Å²) in [4.78, 5) is 6.92. The zero-order valence-electron chi connectivity index (χ0n) is 19.5. The van der Waals surface area contributed by atoms with Gasteiger partial charge in [-0.05, 0) is 73.4 Å². The van der Waals surface area contributed by atoms with Gasteiger partial charge >= 0.3 is 0 Å². The average molecular weight is 449 g/mol. The molecule has 1 aliphatic rings. The molecule has 1 saturated heterocycles. The SMILES string of the molecule is COCCn1c(C)cc(C2C(c3ccccn3)NC(=S)N2c2ccc(C(C)C)cc2)c1C. The summed E-state index contributed by atoms with van der Waals surface area (Å²) in [6.07, 6.45) is 1.85. The number of thiocarbonyl (C=S) groups is 1. The van der Waals surface area contributed by atoms with Gasteiger partial charge in [0.15, 0.2) is 5.11 Å². The molecule has 4 rings (SSSR count). The number of ether oxygens (including phenoxy) is 1. The summed E-state index contributed by atoms with van der Waals surface area (Å²) in [5, 5.41) is 4.29. The summed E-state index contributed by atoms with van der Waals surface area (Å²) in [6, 6.07) is 17.1. The summed E-state index contributed by atoms with van der Waals surface area (Å²) in [5.74, 6) is 0.490. The Labute approximate surface area is 196 Å². The predicted octanol–water partition coefficient (Wildman–Crippen LogP) is 5.45. The fourth-order valence-corrected chi connectivity index (χ4v) is 4.97. The minimum atomic E-state index is -0.0372. The molecule has 1 aromatic carbocycles. The second kappa shape index (κ2) is 9.43. The van der Waals surface area contributed by atoms with Crippen LogP contribution in [0.2, 0.25) is 0 Å². The van der Waals surface area contributed by atoms with Gasteiger partial charge in [-0.3, -0.25) is 4.98 Å². The van der Waals surface area contributed by atoms with Crippen molar-refractivity contribution in [1.82, 2.24) is 14.9 Å². The van der Waals surface area contributed by atoms with Gasteiger partial charge in [0.1, 0.15) is 0 Å². The molecule has 0 radical (unpaired) electrons. The van der Waals surface area contributed by atoms with Gasteiger partial charge in [0.2, 0.25) is 0 Å². The highest BCUT2D eigenvalue weighted by Crippen LogP contribution is 2.43. The van der Waals surface area contributed by atoms with Crippen LogP contribution in [0.1, 0.15) is 60.1 Å². The number of nitrogens with zero attached hydrogens (tertiary/aromatic N) is 3. The molecule has 1 N–H and O–H groups in total. The van der Waals surface area contributed by atoms with Crippen molar-refractivity contribution in [2.45, 2.75) is 52.2 Å². The van der Waals surface area contributed by atoms with Crippen LogP contribution in [0.15, 0.2) is 54.7 Å². The minimum absolute atomic E-state index is 0.00444. The van der Waals surface area contributed by atoms with Gasteiger partial charge in [0.25, 0.3) is 0 Å². The fourth-order valence-electron chi connectivity index (χ4n) is 4.62. The molecule has 6 heteroatoms. The molecule has 3 heterocycles. The Morgan fingerprint density at radius 2 is 1.88 bits per heavy atom. The van der Waals surface area contributed by atoms with E-state index in [9.17, 15) is 0 Å². The summed E-state index contributed by atoms with van der Waals surface area (Å²) in [6.45, 7) is 10.3. The summed E-state index contributed by atoms with van der Waals surface area (Å²) < 4.78 is 7.67. The number of hydrogen-bond acceptors (Lipinski definition) is 3. The lowest BCUT2D eigenvalue weighted by molar-refractivity contribution is 0.186. The Hall–Kier alpha value is -2.70. The van der Waals surface area contributed by atoms with E-state index in [1.54, 1.807) is 7.11 Å². The highest BCUT2D eigenvalue weighted by Gasteiger charge is 2.42. The topological polar surface area (TPSA) is 42.3 Å². The van der Waals surface area contributed by atoms with Crippen molar-refractivity contribution in [3.8, 4) is 0 Å². The Balaban J connectivity index is 1.81. The number of anilines is 1. The number of aryl methyl sites for hydroxylation is 1. The van der Waals surface area contributed by atoms with E-state index in [1.807, 2.05) is 18.3 Å². The van der Waals surface area contributed by atoms with Crippen LogP contribution in [0.25, 0.3) is 0 Å². The molecule has 0 amide bonds. The maximum absolute atomic E-state index is 5.87. The molecular weight excluding hydrogens is 416 g/mol. The molecule has 2 aromatic heterocycles. The van der Waals surface area contributed by atoms with E-state index in [0.29, 0.717) is 12.5 Å². The molecule has 2 atom stereocenters. The highest BCUT2D eigenvalue weighted by atomic mass is 32.1. The van der Waals surface area contributed by atoms with Gasteiger partial charge in [-0.2, -0.15) is 0 Å². The van der Waals surface area contributed by atoms with E-state index in [0.717, 1.165) is 23.0 Å². The van der Waals surface area contributed by atoms with Crippen molar-refractivity contribution in [1.29, 1.82) is 0 Å². The van der Waals surface area contributed by atoms with Gasteiger partial charge in [0.05, 0.1) is 24.4 Å². The highest BCUT2D eigenvalue weighted by molar-refractivity contribution is 7.80.